The highest BCUT2D eigenvalue weighted by Gasteiger charge is 2.20. The van der Waals surface area contributed by atoms with Crippen molar-refractivity contribution in [1.82, 2.24) is 19.5 Å². The molecule has 2 aromatic heterocycles. The van der Waals surface area contributed by atoms with Crippen LogP contribution in [0.4, 0.5) is 4.39 Å². The zero-order valence-electron chi connectivity index (χ0n) is 14.6. The summed E-state index contributed by atoms with van der Waals surface area (Å²) in [5.41, 5.74) is 5.24. The number of aromatic amines is 1. The smallest absolute Gasteiger partial charge is 0.335 e. The molecule has 0 aliphatic heterocycles. The zero-order valence-corrected chi connectivity index (χ0v) is 14.6. The van der Waals surface area contributed by atoms with E-state index in [9.17, 15) is 23.9 Å². The molecule has 0 bridgehead atoms. The molecule has 4 N–H and O–H groups in total. The van der Waals surface area contributed by atoms with Crippen LogP contribution in [-0.4, -0.2) is 36.5 Å². The van der Waals surface area contributed by atoms with Crippen molar-refractivity contribution in [2.45, 2.75) is 0 Å². The van der Waals surface area contributed by atoms with E-state index in [1.54, 1.807) is 6.07 Å². The summed E-state index contributed by atoms with van der Waals surface area (Å²) in [4.78, 5) is 46.6. The van der Waals surface area contributed by atoms with Gasteiger partial charge in [0.15, 0.2) is 17.2 Å². The molecule has 1 amide bonds. The summed E-state index contributed by atoms with van der Waals surface area (Å²) in [6.07, 6.45) is 0. The van der Waals surface area contributed by atoms with Crippen molar-refractivity contribution in [3.8, 4) is 17.1 Å². The zero-order chi connectivity index (χ0) is 20.7. The summed E-state index contributed by atoms with van der Waals surface area (Å²) < 4.78 is 14.4. The lowest BCUT2D eigenvalue weighted by atomic mass is 10.1. The van der Waals surface area contributed by atoms with Crippen molar-refractivity contribution < 1.29 is 19.1 Å². The first-order chi connectivity index (χ1) is 13.8. The van der Waals surface area contributed by atoms with E-state index in [4.69, 9.17) is 5.73 Å². The third-order valence-electron chi connectivity index (χ3n) is 4.22. The summed E-state index contributed by atoms with van der Waals surface area (Å²) in [6, 6.07) is 10.9. The number of rotatable bonds is 4. The van der Waals surface area contributed by atoms with Gasteiger partial charge >= 0.3 is 11.7 Å². The van der Waals surface area contributed by atoms with Crippen molar-refractivity contribution in [1.29, 1.82) is 0 Å². The van der Waals surface area contributed by atoms with Gasteiger partial charge in [0.1, 0.15) is 11.3 Å². The molecule has 0 unspecified atom stereocenters. The van der Waals surface area contributed by atoms with E-state index in [0.29, 0.717) is 11.3 Å². The number of H-pyrrole nitrogens is 1. The average molecular weight is 393 g/mol. The minimum Gasteiger partial charge on any atom is -0.478 e. The van der Waals surface area contributed by atoms with E-state index in [1.165, 1.54) is 42.5 Å². The number of carboxylic acid groups (broad SMARTS) is 1. The third kappa shape index (κ3) is 3.12. The SMILES string of the molecule is NC(=O)c1nc(-c2cccc(C(=O)O)c2)nc2c1[nH]c(=O)n2-c1ccc(F)cc1. The first kappa shape index (κ1) is 18.0. The number of nitrogens with one attached hydrogen (secondary N) is 1. The number of hydrogen-bond acceptors (Lipinski definition) is 5. The molecule has 10 heteroatoms. The van der Waals surface area contributed by atoms with Crippen LogP contribution in [0.1, 0.15) is 20.8 Å². The van der Waals surface area contributed by atoms with Crippen LogP contribution in [0.5, 0.6) is 0 Å². The second-order valence-corrected chi connectivity index (χ2v) is 6.09. The van der Waals surface area contributed by atoms with E-state index >= 15 is 0 Å². The van der Waals surface area contributed by atoms with Gasteiger partial charge in [-0.15, -0.1) is 0 Å². The number of imidazole rings is 1. The number of hydrogen-bond donors (Lipinski definition) is 3. The van der Waals surface area contributed by atoms with Gasteiger partial charge in [-0.2, -0.15) is 0 Å². The Morgan fingerprint density at radius 1 is 1.10 bits per heavy atom. The van der Waals surface area contributed by atoms with Gasteiger partial charge in [0, 0.05) is 5.56 Å². The molecule has 0 aliphatic rings. The number of aromatic nitrogens is 4. The predicted molar refractivity (Wildman–Crippen MR) is 100 cm³/mol. The van der Waals surface area contributed by atoms with Gasteiger partial charge in [0.2, 0.25) is 0 Å². The Kier molecular flexibility index (Phi) is 4.15. The highest BCUT2D eigenvalue weighted by molar-refractivity contribution is 6.02. The number of aromatic carboxylic acids is 1. The molecule has 4 rings (SSSR count). The Labute approximate surface area is 161 Å². The van der Waals surface area contributed by atoms with Crippen LogP contribution in [0.25, 0.3) is 28.2 Å². The Morgan fingerprint density at radius 3 is 2.48 bits per heavy atom. The minimum absolute atomic E-state index is 0.00295. The summed E-state index contributed by atoms with van der Waals surface area (Å²) >= 11 is 0. The monoisotopic (exact) mass is 393 g/mol. The van der Waals surface area contributed by atoms with Crippen LogP contribution >= 0.6 is 0 Å². The van der Waals surface area contributed by atoms with Crippen molar-refractivity contribution in [2.75, 3.05) is 0 Å². The average Bonchev–Trinajstić information content (AvgIpc) is 3.03. The van der Waals surface area contributed by atoms with Crippen molar-refractivity contribution in [3.05, 3.63) is 76.1 Å². The number of amides is 1. The highest BCUT2D eigenvalue weighted by Crippen LogP contribution is 2.23. The Morgan fingerprint density at radius 2 is 1.83 bits per heavy atom. The second kappa shape index (κ2) is 6.68. The molecule has 9 nitrogen and oxygen atoms in total. The summed E-state index contributed by atoms with van der Waals surface area (Å²) in [6.45, 7) is 0. The van der Waals surface area contributed by atoms with Crippen LogP contribution < -0.4 is 11.4 Å². The van der Waals surface area contributed by atoms with Gasteiger partial charge in [-0.25, -0.2) is 28.5 Å². The summed E-state index contributed by atoms with van der Waals surface area (Å²) in [7, 11) is 0. The quantitative estimate of drug-likeness (QED) is 0.481. The van der Waals surface area contributed by atoms with Gasteiger partial charge < -0.3 is 15.8 Å². The van der Waals surface area contributed by atoms with E-state index in [1.807, 2.05) is 0 Å². The summed E-state index contributed by atoms with van der Waals surface area (Å²) in [5.74, 6) is -2.53. The van der Waals surface area contributed by atoms with Gasteiger partial charge in [-0.1, -0.05) is 12.1 Å². The molecular weight excluding hydrogens is 381 g/mol. The predicted octanol–water partition coefficient (Wildman–Crippen LogP) is 1.71. The van der Waals surface area contributed by atoms with Crippen LogP contribution in [-0.2, 0) is 0 Å². The number of carboxylic acids is 1. The van der Waals surface area contributed by atoms with Crippen molar-refractivity contribution in [2.24, 2.45) is 5.73 Å². The first-order valence-corrected chi connectivity index (χ1v) is 8.27. The summed E-state index contributed by atoms with van der Waals surface area (Å²) in [5, 5.41) is 9.19. The molecule has 0 fully saturated rings. The van der Waals surface area contributed by atoms with E-state index in [2.05, 4.69) is 15.0 Å². The van der Waals surface area contributed by atoms with Gasteiger partial charge in [0.25, 0.3) is 5.91 Å². The Hall–Kier alpha value is -4.34. The fourth-order valence-electron chi connectivity index (χ4n) is 2.91. The number of nitrogens with two attached hydrogens (primary N) is 1. The molecule has 2 aromatic carbocycles. The largest absolute Gasteiger partial charge is 0.478 e. The molecule has 0 radical (unpaired) electrons. The lowest BCUT2D eigenvalue weighted by molar-refractivity contribution is 0.0696. The molecule has 2 heterocycles. The minimum atomic E-state index is -1.15. The maximum Gasteiger partial charge on any atom is 0.335 e. The number of primary amides is 1. The molecule has 144 valence electrons. The highest BCUT2D eigenvalue weighted by atomic mass is 19.1. The van der Waals surface area contributed by atoms with Gasteiger partial charge in [-0.3, -0.25) is 4.79 Å². The van der Waals surface area contributed by atoms with Crippen LogP contribution in [0.15, 0.2) is 53.3 Å². The van der Waals surface area contributed by atoms with Crippen molar-refractivity contribution >= 4 is 23.0 Å². The standard InChI is InChI=1S/C19H12FN5O4/c20-11-4-6-12(7-5-11)25-17-14(23-19(25)29)13(15(21)26)22-16(24-17)9-2-1-3-10(8-9)18(27)28/h1-8H,(H2,21,26)(H,23,29)(H,27,28). The fraction of sp³-hybridized carbons (Fsp3) is 0. The van der Waals surface area contributed by atoms with E-state index < -0.39 is 23.4 Å². The number of carbonyl (C=O) groups is 2. The van der Waals surface area contributed by atoms with E-state index in [-0.39, 0.29) is 28.2 Å². The first-order valence-electron chi connectivity index (χ1n) is 8.27. The van der Waals surface area contributed by atoms with Crippen LogP contribution in [0.2, 0.25) is 0 Å². The molecule has 29 heavy (non-hydrogen) atoms. The molecule has 4 aromatic rings. The molecule has 0 saturated carbocycles. The normalized spacial score (nSPS) is 10.9. The van der Waals surface area contributed by atoms with Gasteiger partial charge in [0.05, 0.1) is 11.3 Å². The number of nitrogens with zero attached hydrogens (tertiary/aromatic N) is 3. The lowest BCUT2D eigenvalue weighted by Crippen LogP contribution is -2.15. The van der Waals surface area contributed by atoms with E-state index in [0.717, 1.165) is 4.57 Å². The maximum absolute atomic E-state index is 13.3. The van der Waals surface area contributed by atoms with Crippen LogP contribution in [0.3, 0.4) is 0 Å². The Bertz CT molecular complexity index is 1340. The second-order valence-electron chi connectivity index (χ2n) is 6.09. The third-order valence-corrected chi connectivity index (χ3v) is 4.22. The Balaban J connectivity index is 2.03. The van der Waals surface area contributed by atoms with Gasteiger partial charge in [-0.05, 0) is 36.4 Å². The topological polar surface area (TPSA) is 144 Å². The lowest BCUT2D eigenvalue weighted by Gasteiger charge is -2.07. The molecule has 0 atom stereocenters. The fourth-order valence-corrected chi connectivity index (χ4v) is 2.91. The number of halogens is 1. The number of fused-ring (bicyclic) bond motifs is 1. The van der Waals surface area contributed by atoms with Crippen molar-refractivity contribution in [3.63, 3.8) is 0 Å². The number of carbonyl (C=O) groups excluding carboxylic acids is 1. The maximum atomic E-state index is 13.3. The molecule has 0 spiro atoms. The number of benzene rings is 2. The molecule has 0 saturated heterocycles. The molecule has 0 aliphatic carbocycles. The van der Waals surface area contributed by atoms with Crippen LogP contribution in [0, 0.1) is 5.82 Å². The molecular formula is C19H12FN5O4.